The van der Waals surface area contributed by atoms with Crippen LogP contribution in [0.25, 0.3) is 0 Å². The fourth-order valence-corrected chi connectivity index (χ4v) is 1.06. The van der Waals surface area contributed by atoms with Crippen molar-refractivity contribution in [1.29, 1.82) is 0 Å². The molecule has 0 radical (unpaired) electrons. The number of hydrogen-bond acceptors (Lipinski definition) is 2. The fraction of sp³-hybridized carbons (Fsp3) is 0. The number of nitro groups is 1. The standard InChI is InChI=1S/C6H2Cl2FNO2/c7-3-1-2-4(9)6(5(3)8)10(11)12/h1-2H. The number of hydrogen-bond donors (Lipinski definition) is 0. The Kier molecular flexibility index (Phi) is 2.49. The van der Waals surface area contributed by atoms with Crippen LogP contribution in [0, 0.1) is 15.9 Å². The highest BCUT2D eigenvalue weighted by molar-refractivity contribution is 6.43. The van der Waals surface area contributed by atoms with Crippen LogP contribution >= 0.6 is 23.2 Å². The molecule has 0 bridgehead atoms. The van der Waals surface area contributed by atoms with Crippen LogP contribution in [0.2, 0.25) is 10.0 Å². The van der Waals surface area contributed by atoms with Crippen LogP contribution in [-0.2, 0) is 0 Å². The van der Waals surface area contributed by atoms with Gasteiger partial charge in [-0.05, 0) is 12.1 Å². The monoisotopic (exact) mass is 209 g/mol. The van der Waals surface area contributed by atoms with E-state index in [0.29, 0.717) is 0 Å². The summed E-state index contributed by atoms with van der Waals surface area (Å²) in [5, 5.41) is 9.81. The Morgan fingerprint density at radius 1 is 1.42 bits per heavy atom. The molecule has 0 aliphatic rings. The first-order chi connectivity index (χ1) is 5.54. The molecule has 3 nitrogen and oxygen atoms in total. The third-order valence-corrected chi connectivity index (χ3v) is 2.00. The van der Waals surface area contributed by atoms with E-state index in [2.05, 4.69) is 0 Å². The lowest BCUT2D eigenvalue weighted by Gasteiger charge is -1.97. The number of nitro benzene ring substituents is 1. The number of halogens is 3. The molecule has 6 heteroatoms. The predicted octanol–water partition coefficient (Wildman–Crippen LogP) is 3.04. The van der Waals surface area contributed by atoms with Crippen LogP contribution in [0.15, 0.2) is 12.1 Å². The summed E-state index contributed by atoms with van der Waals surface area (Å²) in [7, 11) is 0. The molecule has 1 aromatic rings. The van der Waals surface area contributed by atoms with Crippen LogP contribution in [0.4, 0.5) is 10.1 Å². The lowest BCUT2D eigenvalue weighted by molar-refractivity contribution is -0.387. The lowest BCUT2D eigenvalue weighted by Crippen LogP contribution is -1.93. The maximum absolute atomic E-state index is 12.7. The van der Waals surface area contributed by atoms with E-state index in [9.17, 15) is 14.5 Å². The summed E-state index contributed by atoms with van der Waals surface area (Å²) in [6.07, 6.45) is 0. The molecule has 0 saturated heterocycles. The SMILES string of the molecule is O=[N+]([O-])c1c(F)ccc(Cl)c1Cl. The summed E-state index contributed by atoms with van der Waals surface area (Å²) in [6, 6.07) is 2.05. The second kappa shape index (κ2) is 3.25. The van der Waals surface area contributed by atoms with Crippen molar-refractivity contribution in [3.63, 3.8) is 0 Å². The minimum atomic E-state index is -0.991. The van der Waals surface area contributed by atoms with Gasteiger partial charge in [-0.25, -0.2) is 0 Å². The molecule has 0 spiro atoms. The highest BCUT2D eigenvalue weighted by atomic mass is 35.5. The quantitative estimate of drug-likeness (QED) is 0.406. The van der Waals surface area contributed by atoms with Crippen molar-refractivity contribution in [3.05, 3.63) is 38.1 Å². The number of nitrogens with zero attached hydrogens (tertiary/aromatic N) is 1. The zero-order valence-electron chi connectivity index (χ0n) is 5.55. The number of benzene rings is 1. The average molecular weight is 210 g/mol. The van der Waals surface area contributed by atoms with Crippen LogP contribution in [0.5, 0.6) is 0 Å². The van der Waals surface area contributed by atoms with Crippen molar-refractivity contribution in [2.24, 2.45) is 0 Å². The van der Waals surface area contributed by atoms with Gasteiger partial charge >= 0.3 is 5.69 Å². The first-order valence-electron chi connectivity index (χ1n) is 2.82. The molecule has 1 aromatic carbocycles. The second-order valence-corrected chi connectivity index (χ2v) is 2.73. The zero-order valence-corrected chi connectivity index (χ0v) is 7.06. The van der Waals surface area contributed by atoms with E-state index in [-0.39, 0.29) is 10.0 Å². The van der Waals surface area contributed by atoms with E-state index >= 15 is 0 Å². The molecule has 0 saturated carbocycles. The predicted molar refractivity (Wildman–Crippen MR) is 43.1 cm³/mol. The molecular weight excluding hydrogens is 208 g/mol. The largest absolute Gasteiger partial charge is 0.324 e. The van der Waals surface area contributed by atoms with E-state index in [4.69, 9.17) is 23.2 Å². The number of rotatable bonds is 1. The molecule has 0 heterocycles. The topological polar surface area (TPSA) is 43.1 Å². The molecule has 0 aromatic heterocycles. The maximum atomic E-state index is 12.7. The molecule has 12 heavy (non-hydrogen) atoms. The highest BCUT2D eigenvalue weighted by Crippen LogP contribution is 2.33. The van der Waals surface area contributed by atoms with E-state index < -0.39 is 16.4 Å². The van der Waals surface area contributed by atoms with Gasteiger partial charge in [0.25, 0.3) is 0 Å². The Bertz CT molecular complexity index is 343. The third-order valence-electron chi connectivity index (χ3n) is 1.20. The Balaban J connectivity index is 3.43. The van der Waals surface area contributed by atoms with Crippen molar-refractivity contribution < 1.29 is 9.31 Å². The highest BCUT2D eigenvalue weighted by Gasteiger charge is 2.21. The summed E-state index contributed by atoms with van der Waals surface area (Å²) in [6.45, 7) is 0. The van der Waals surface area contributed by atoms with Crippen molar-refractivity contribution in [2.45, 2.75) is 0 Å². The van der Waals surface area contributed by atoms with Gasteiger partial charge in [-0.2, -0.15) is 4.39 Å². The van der Waals surface area contributed by atoms with Gasteiger partial charge in [-0.3, -0.25) is 10.1 Å². The van der Waals surface area contributed by atoms with Gasteiger partial charge in [0.05, 0.1) is 9.95 Å². The fourth-order valence-electron chi connectivity index (χ4n) is 0.684. The third kappa shape index (κ3) is 1.49. The summed E-state index contributed by atoms with van der Waals surface area (Å²) < 4.78 is 12.7. The first-order valence-corrected chi connectivity index (χ1v) is 3.57. The van der Waals surface area contributed by atoms with Crippen molar-refractivity contribution in [2.75, 3.05) is 0 Å². The summed E-state index contributed by atoms with van der Waals surface area (Å²) in [5.74, 6) is -0.991. The van der Waals surface area contributed by atoms with Crippen LogP contribution < -0.4 is 0 Å². The first kappa shape index (κ1) is 9.22. The summed E-state index contributed by atoms with van der Waals surface area (Å²) in [4.78, 5) is 9.30. The molecule has 0 unspecified atom stereocenters. The smallest absolute Gasteiger partial charge is 0.258 e. The van der Waals surface area contributed by atoms with Crippen LogP contribution in [-0.4, -0.2) is 4.92 Å². The van der Waals surface area contributed by atoms with Gasteiger partial charge in [0.1, 0.15) is 5.02 Å². The molecule has 1 rings (SSSR count). The van der Waals surface area contributed by atoms with Crippen molar-refractivity contribution in [3.8, 4) is 0 Å². The Labute approximate surface area is 76.9 Å². The summed E-state index contributed by atoms with van der Waals surface area (Å²) in [5.41, 5.74) is -0.788. The molecule has 0 amide bonds. The maximum Gasteiger partial charge on any atom is 0.324 e. The second-order valence-electron chi connectivity index (χ2n) is 1.95. The minimum absolute atomic E-state index is 0.0373. The normalized spacial score (nSPS) is 9.92. The van der Waals surface area contributed by atoms with Crippen molar-refractivity contribution in [1.82, 2.24) is 0 Å². The van der Waals surface area contributed by atoms with E-state index in [1.165, 1.54) is 0 Å². The molecular formula is C6H2Cl2FNO2. The van der Waals surface area contributed by atoms with Gasteiger partial charge in [0.15, 0.2) is 0 Å². The Morgan fingerprint density at radius 2 is 2.00 bits per heavy atom. The minimum Gasteiger partial charge on any atom is -0.258 e. The van der Waals surface area contributed by atoms with Crippen LogP contribution in [0.3, 0.4) is 0 Å². The molecule has 0 aliphatic carbocycles. The van der Waals surface area contributed by atoms with Gasteiger partial charge in [0.2, 0.25) is 5.82 Å². The Hall–Kier alpha value is -0.870. The molecule has 0 fully saturated rings. The summed E-state index contributed by atoms with van der Waals surface area (Å²) >= 11 is 10.8. The zero-order chi connectivity index (χ0) is 9.30. The van der Waals surface area contributed by atoms with Gasteiger partial charge < -0.3 is 0 Å². The lowest BCUT2D eigenvalue weighted by atomic mass is 10.3. The van der Waals surface area contributed by atoms with E-state index in [0.717, 1.165) is 12.1 Å². The van der Waals surface area contributed by atoms with Gasteiger partial charge in [-0.1, -0.05) is 23.2 Å². The van der Waals surface area contributed by atoms with Gasteiger partial charge in [-0.15, -0.1) is 0 Å². The van der Waals surface area contributed by atoms with Crippen molar-refractivity contribution >= 4 is 28.9 Å². The van der Waals surface area contributed by atoms with Gasteiger partial charge in [0, 0.05) is 0 Å². The van der Waals surface area contributed by atoms with Crippen LogP contribution in [0.1, 0.15) is 0 Å². The Morgan fingerprint density at radius 3 is 2.42 bits per heavy atom. The van der Waals surface area contributed by atoms with E-state index in [1.54, 1.807) is 0 Å². The molecule has 0 aliphatic heterocycles. The molecule has 0 atom stereocenters. The molecule has 64 valence electrons. The average Bonchev–Trinajstić information content (AvgIpc) is 1.97. The molecule has 0 N–H and O–H groups in total. The van der Waals surface area contributed by atoms with E-state index in [1.807, 2.05) is 0 Å².